The van der Waals surface area contributed by atoms with Crippen molar-refractivity contribution >= 4 is 0 Å². The fourth-order valence-corrected chi connectivity index (χ4v) is 4.46. The highest BCUT2D eigenvalue weighted by Crippen LogP contribution is 2.32. The molecular weight excluding hydrogens is 292 g/mol. The van der Waals surface area contributed by atoms with Gasteiger partial charge in [-0.25, -0.2) is 0 Å². The van der Waals surface area contributed by atoms with Crippen molar-refractivity contribution in [1.82, 2.24) is 4.90 Å². The zero-order valence-electron chi connectivity index (χ0n) is 14.3. The van der Waals surface area contributed by atoms with Gasteiger partial charge < -0.3 is 0 Å². The molecule has 2 unspecified atom stereocenters. The van der Waals surface area contributed by atoms with Gasteiger partial charge in [0.2, 0.25) is 0 Å². The molecule has 0 saturated carbocycles. The Labute approximate surface area is 144 Å². The van der Waals surface area contributed by atoms with Gasteiger partial charge in [-0.1, -0.05) is 30.3 Å². The smallest absolute Gasteiger partial charge is 0.0991 e. The second-order valence-corrected chi connectivity index (χ2v) is 7.30. The first kappa shape index (κ1) is 15.4. The van der Waals surface area contributed by atoms with E-state index in [2.05, 4.69) is 42.2 Å². The predicted molar refractivity (Wildman–Crippen MR) is 97.8 cm³/mol. The zero-order chi connectivity index (χ0) is 16.5. The Hall–Kier alpha value is -2.11. The molecule has 1 aliphatic heterocycles. The molecule has 2 aliphatic rings. The Morgan fingerprint density at radius 1 is 1.04 bits per heavy atom. The minimum absolute atomic E-state index is 0.725. The molecule has 4 rings (SSSR count). The van der Waals surface area contributed by atoms with Crippen molar-refractivity contribution in [3.8, 4) is 17.2 Å². The van der Waals surface area contributed by atoms with Crippen LogP contribution in [0.5, 0.6) is 0 Å². The lowest BCUT2D eigenvalue weighted by Crippen LogP contribution is -2.41. The maximum atomic E-state index is 9.10. The maximum absolute atomic E-state index is 9.10. The normalized spacial score (nSPS) is 23.7. The molecule has 0 bridgehead atoms. The van der Waals surface area contributed by atoms with E-state index in [1.807, 2.05) is 18.2 Å². The highest BCUT2D eigenvalue weighted by Gasteiger charge is 2.30. The first-order chi connectivity index (χ1) is 11.7. The molecule has 2 nitrogen and oxygen atoms in total. The predicted octanol–water partition coefficient (Wildman–Crippen LogP) is 4.57. The van der Waals surface area contributed by atoms with Gasteiger partial charge in [-0.15, -0.1) is 0 Å². The first-order valence-electron chi connectivity index (χ1n) is 9.12. The highest BCUT2D eigenvalue weighted by atomic mass is 15.2. The quantitative estimate of drug-likeness (QED) is 0.811. The molecule has 0 aromatic heterocycles. The van der Waals surface area contributed by atoms with E-state index in [1.54, 1.807) is 0 Å². The molecular formula is C22H24N2. The summed E-state index contributed by atoms with van der Waals surface area (Å²) in [6.07, 6.45) is 6.36. The summed E-state index contributed by atoms with van der Waals surface area (Å²) < 4.78 is 0. The van der Waals surface area contributed by atoms with E-state index in [-0.39, 0.29) is 0 Å². The van der Waals surface area contributed by atoms with Gasteiger partial charge in [-0.3, -0.25) is 4.90 Å². The van der Waals surface area contributed by atoms with Crippen molar-refractivity contribution in [1.29, 1.82) is 5.26 Å². The molecule has 1 fully saturated rings. The van der Waals surface area contributed by atoms with Crippen molar-refractivity contribution in [3.63, 3.8) is 0 Å². The van der Waals surface area contributed by atoms with Crippen LogP contribution in [-0.4, -0.2) is 23.5 Å². The minimum Gasteiger partial charge on any atom is -0.297 e. The topological polar surface area (TPSA) is 27.0 Å². The van der Waals surface area contributed by atoms with E-state index in [0.717, 1.165) is 23.2 Å². The Bertz CT molecular complexity index is 787. The van der Waals surface area contributed by atoms with Crippen molar-refractivity contribution in [2.75, 3.05) is 6.54 Å². The van der Waals surface area contributed by atoms with Crippen LogP contribution in [0.4, 0.5) is 0 Å². The number of fused-ring (bicyclic) bond motifs is 1. The molecule has 2 heteroatoms. The fraction of sp³-hybridized carbons (Fsp3) is 0.409. The van der Waals surface area contributed by atoms with Crippen LogP contribution >= 0.6 is 0 Å². The molecule has 24 heavy (non-hydrogen) atoms. The van der Waals surface area contributed by atoms with Crippen molar-refractivity contribution < 1.29 is 0 Å². The van der Waals surface area contributed by atoms with Gasteiger partial charge in [0.25, 0.3) is 0 Å². The lowest BCUT2D eigenvalue weighted by molar-refractivity contribution is 0.174. The van der Waals surface area contributed by atoms with E-state index >= 15 is 0 Å². The number of hydrogen-bond donors (Lipinski definition) is 0. The molecule has 0 N–H and O–H groups in total. The van der Waals surface area contributed by atoms with Crippen molar-refractivity contribution in [2.24, 2.45) is 0 Å². The van der Waals surface area contributed by atoms with Crippen molar-refractivity contribution in [2.45, 2.75) is 51.1 Å². The Morgan fingerprint density at radius 3 is 2.71 bits per heavy atom. The van der Waals surface area contributed by atoms with Crippen LogP contribution in [0.15, 0.2) is 42.5 Å². The number of aryl methyl sites for hydroxylation is 1. The summed E-state index contributed by atoms with van der Waals surface area (Å²) in [6, 6.07) is 18.5. The largest absolute Gasteiger partial charge is 0.297 e. The molecule has 1 aliphatic carbocycles. The molecule has 0 amide bonds. The second kappa shape index (κ2) is 6.42. The molecule has 0 radical (unpaired) electrons. The molecule has 122 valence electrons. The van der Waals surface area contributed by atoms with Gasteiger partial charge in [0, 0.05) is 12.1 Å². The van der Waals surface area contributed by atoms with Crippen molar-refractivity contribution in [3.05, 3.63) is 59.2 Å². The second-order valence-electron chi connectivity index (χ2n) is 7.30. The third-order valence-electron chi connectivity index (χ3n) is 5.81. The summed E-state index contributed by atoms with van der Waals surface area (Å²) in [6.45, 7) is 3.66. The van der Waals surface area contributed by atoms with Crippen LogP contribution in [0, 0.1) is 11.3 Å². The molecule has 0 spiro atoms. The van der Waals surface area contributed by atoms with Crippen LogP contribution < -0.4 is 0 Å². The zero-order valence-corrected chi connectivity index (χ0v) is 14.3. The third kappa shape index (κ3) is 2.85. The Balaban J connectivity index is 1.58. The maximum Gasteiger partial charge on any atom is 0.0991 e. The van der Waals surface area contributed by atoms with Crippen LogP contribution in [0.1, 0.15) is 42.9 Å². The summed E-state index contributed by atoms with van der Waals surface area (Å²) in [4.78, 5) is 2.73. The van der Waals surface area contributed by atoms with Gasteiger partial charge in [-0.2, -0.15) is 5.26 Å². The number of benzene rings is 2. The van der Waals surface area contributed by atoms with Crippen LogP contribution in [0.3, 0.4) is 0 Å². The number of rotatable bonds is 2. The van der Waals surface area contributed by atoms with E-state index in [9.17, 15) is 0 Å². The van der Waals surface area contributed by atoms with Gasteiger partial charge in [0.15, 0.2) is 0 Å². The standard InChI is InChI=1S/C22H24N2/c1-16-4-3-11-24(16)22-10-9-20-13-19(7-8-21(20)14-22)18-6-2-5-17(12-18)15-23/h2,5-8,12-13,16,22H,3-4,9-11,14H2,1H3. The molecule has 2 atom stereocenters. The van der Waals surface area contributed by atoms with Crippen LogP contribution in [0.2, 0.25) is 0 Å². The fourth-order valence-electron chi connectivity index (χ4n) is 4.46. The van der Waals surface area contributed by atoms with E-state index in [0.29, 0.717) is 0 Å². The summed E-state index contributed by atoms with van der Waals surface area (Å²) in [5.74, 6) is 0. The van der Waals surface area contributed by atoms with Gasteiger partial charge in [-0.05, 0) is 80.0 Å². The van der Waals surface area contributed by atoms with E-state index in [1.165, 1.54) is 55.3 Å². The van der Waals surface area contributed by atoms with E-state index in [4.69, 9.17) is 5.26 Å². The highest BCUT2D eigenvalue weighted by molar-refractivity contribution is 5.66. The molecule has 1 heterocycles. The molecule has 1 saturated heterocycles. The van der Waals surface area contributed by atoms with Crippen LogP contribution in [-0.2, 0) is 12.8 Å². The first-order valence-corrected chi connectivity index (χ1v) is 9.12. The number of nitriles is 1. The van der Waals surface area contributed by atoms with E-state index < -0.39 is 0 Å². The van der Waals surface area contributed by atoms with Gasteiger partial charge in [0.1, 0.15) is 0 Å². The van der Waals surface area contributed by atoms with Gasteiger partial charge in [0.05, 0.1) is 11.6 Å². The number of nitrogens with zero attached hydrogens (tertiary/aromatic N) is 2. The SMILES string of the molecule is CC1CCCN1C1CCc2cc(-c3cccc(C#N)c3)ccc2C1. The lowest BCUT2D eigenvalue weighted by atomic mass is 9.85. The third-order valence-corrected chi connectivity index (χ3v) is 5.81. The average molecular weight is 316 g/mol. The molecule has 2 aromatic carbocycles. The average Bonchev–Trinajstić information content (AvgIpc) is 3.07. The Kier molecular flexibility index (Phi) is 4.12. The summed E-state index contributed by atoms with van der Waals surface area (Å²) in [5, 5.41) is 9.10. The molecule has 2 aromatic rings. The monoisotopic (exact) mass is 316 g/mol. The lowest BCUT2D eigenvalue weighted by Gasteiger charge is -2.35. The summed E-state index contributed by atoms with van der Waals surface area (Å²) in [5.41, 5.74) is 6.13. The number of likely N-dealkylation sites (tertiary alicyclic amines) is 1. The summed E-state index contributed by atoms with van der Waals surface area (Å²) >= 11 is 0. The minimum atomic E-state index is 0.725. The van der Waals surface area contributed by atoms with Crippen LogP contribution in [0.25, 0.3) is 11.1 Å². The Morgan fingerprint density at radius 2 is 1.92 bits per heavy atom. The number of hydrogen-bond acceptors (Lipinski definition) is 2. The van der Waals surface area contributed by atoms with Gasteiger partial charge >= 0.3 is 0 Å². The summed E-state index contributed by atoms with van der Waals surface area (Å²) in [7, 11) is 0.